The zero-order valence-electron chi connectivity index (χ0n) is 37.2. The van der Waals surface area contributed by atoms with E-state index in [2.05, 4.69) is 13.8 Å². The van der Waals surface area contributed by atoms with E-state index in [0.29, 0.717) is 13.2 Å². The van der Waals surface area contributed by atoms with Crippen LogP contribution in [0.4, 0.5) is 0 Å². The average molecular weight is 763 g/mol. The molecule has 0 aliphatic heterocycles. The standard InChI is InChI=1S/C50H98O4/c1-3-5-7-9-11-13-15-17-19-21-23-25-27-29-31-33-35-37-39-41-43-45-47-53-49(51)50(52)54-48-46-44-42-40-38-36-34-32-30-28-26-24-22-20-18-16-14-12-10-8-6-4-2/h3-48H2,1-2H3. The van der Waals surface area contributed by atoms with Crippen LogP contribution in [0.15, 0.2) is 0 Å². The van der Waals surface area contributed by atoms with Crippen molar-refractivity contribution in [1.82, 2.24) is 0 Å². The molecule has 4 nitrogen and oxygen atoms in total. The van der Waals surface area contributed by atoms with E-state index in [0.717, 1.165) is 25.7 Å². The first-order valence-corrected chi connectivity index (χ1v) is 25.1. The highest BCUT2D eigenvalue weighted by atomic mass is 16.6. The minimum absolute atomic E-state index is 0.326. The summed E-state index contributed by atoms with van der Waals surface area (Å²) in [7, 11) is 0. The van der Waals surface area contributed by atoms with Gasteiger partial charge in [0.05, 0.1) is 13.2 Å². The van der Waals surface area contributed by atoms with Crippen molar-refractivity contribution in [2.45, 2.75) is 296 Å². The summed E-state index contributed by atoms with van der Waals surface area (Å²) in [6.07, 6.45) is 59.6. The maximum atomic E-state index is 11.9. The SMILES string of the molecule is CCCCCCCCCCCCCCCCCCCCCCCCOC(=O)C(=O)OCCCCCCCCCCCCCCCCCCCCCCCC. The van der Waals surface area contributed by atoms with Crippen molar-refractivity contribution >= 4 is 11.9 Å². The molecule has 0 N–H and O–H groups in total. The van der Waals surface area contributed by atoms with Crippen LogP contribution in [0.2, 0.25) is 0 Å². The van der Waals surface area contributed by atoms with Crippen molar-refractivity contribution in [3.8, 4) is 0 Å². The second kappa shape index (κ2) is 48.1. The molecule has 4 heteroatoms. The highest BCUT2D eigenvalue weighted by molar-refractivity contribution is 6.29. The Morgan fingerprint density at radius 3 is 0.500 bits per heavy atom. The molecule has 0 aromatic heterocycles. The van der Waals surface area contributed by atoms with Crippen molar-refractivity contribution in [2.24, 2.45) is 0 Å². The van der Waals surface area contributed by atoms with Crippen molar-refractivity contribution in [1.29, 1.82) is 0 Å². The van der Waals surface area contributed by atoms with Crippen molar-refractivity contribution in [2.75, 3.05) is 13.2 Å². The minimum Gasteiger partial charge on any atom is -0.457 e. The number of hydrogen-bond donors (Lipinski definition) is 0. The van der Waals surface area contributed by atoms with E-state index in [-0.39, 0.29) is 0 Å². The number of carbonyl (C=O) groups is 2. The lowest BCUT2D eigenvalue weighted by Crippen LogP contribution is -2.21. The number of esters is 2. The molecule has 0 unspecified atom stereocenters. The molecule has 0 spiro atoms. The molecule has 0 saturated carbocycles. The fraction of sp³-hybridized carbons (Fsp3) is 0.960. The molecule has 0 heterocycles. The highest BCUT2D eigenvalue weighted by Crippen LogP contribution is 2.17. The van der Waals surface area contributed by atoms with Gasteiger partial charge in [-0.3, -0.25) is 0 Å². The number of ether oxygens (including phenoxy) is 2. The van der Waals surface area contributed by atoms with E-state index in [1.54, 1.807) is 0 Å². The summed E-state index contributed by atoms with van der Waals surface area (Å²) in [6.45, 7) is 5.24. The number of carbonyl (C=O) groups excluding carboxylic acids is 2. The molecule has 0 radical (unpaired) electrons. The molecule has 322 valence electrons. The molecule has 0 bridgehead atoms. The van der Waals surface area contributed by atoms with Crippen LogP contribution in [0, 0.1) is 0 Å². The van der Waals surface area contributed by atoms with E-state index in [4.69, 9.17) is 9.47 Å². The van der Waals surface area contributed by atoms with Crippen LogP contribution in [0.5, 0.6) is 0 Å². The third-order valence-corrected chi connectivity index (χ3v) is 11.6. The Bertz CT molecular complexity index is 661. The number of hydrogen-bond acceptors (Lipinski definition) is 4. The molecule has 54 heavy (non-hydrogen) atoms. The summed E-state index contributed by atoms with van der Waals surface area (Å²) in [5.74, 6) is -1.64. The molecule has 0 aliphatic carbocycles. The zero-order valence-corrected chi connectivity index (χ0v) is 37.2. The van der Waals surface area contributed by atoms with Gasteiger partial charge in [-0.1, -0.05) is 284 Å². The number of rotatable bonds is 46. The Kier molecular flexibility index (Phi) is 47.1. The van der Waals surface area contributed by atoms with E-state index < -0.39 is 11.9 Å². The van der Waals surface area contributed by atoms with Crippen LogP contribution in [0.3, 0.4) is 0 Å². The Morgan fingerprint density at radius 2 is 0.352 bits per heavy atom. The first-order chi connectivity index (χ1) is 26.7. The zero-order chi connectivity index (χ0) is 39.1. The Hall–Kier alpha value is -1.06. The molecule has 0 aliphatic rings. The molecular weight excluding hydrogens is 665 g/mol. The van der Waals surface area contributed by atoms with E-state index in [1.807, 2.05) is 0 Å². The van der Waals surface area contributed by atoms with Crippen LogP contribution >= 0.6 is 0 Å². The average Bonchev–Trinajstić information content (AvgIpc) is 3.18. The molecule has 0 saturated heterocycles. The molecule has 0 aromatic rings. The van der Waals surface area contributed by atoms with Crippen LogP contribution < -0.4 is 0 Å². The summed E-state index contributed by atoms with van der Waals surface area (Å²) in [5.41, 5.74) is 0. The van der Waals surface area contributed by atoms with Crippen molar-refractivity contribution in [3.63, 3.8) is 0 Å². The molecule has 0 fully saturated rings. The maximum Gasteiger partial charge on any atom is 0.417 e. The summed E-state index contributed by atoms with van der Waals surface area (Å²) in [4.78, 5) is 23.8. The van der Waals surface area contributed by atoms with Crippen LogP contribution in [-0.4, -0.2) is 25.2 Å². The second-order valence-electron chi connectivity index (χ2n) is 17.1. The van der Waals surface area contributed by atoms with Gasteiger partial charge in [0.15, 0.2) is 0 Å². The predicted octanol–water partition coefficient (Wildman–Crippen LogP) is 17.3. The van der Waals surface area contributed by atoms with E-state index >= 15 is 0 Å². The fourth-order valence-corrected chi connectivity index (χ4v) is 7.87. The van der Waals surface area contributed by atoms with Gasteiger partial charge in [0.1, 0.15) is 0 Å². The molecule has 0 amide bonds. The molecule has 0 atom stereocenters. The van der Waals surface area contributed by atoms with Crippen molar-refractivity contribution in [3.05, 3.63) is 0 Å². The van der Waals surface area contributed by atoms with Crippen LogP contribution in [0.25, 0.3) is 0 Å². The van der Waals surface area contributed by atoms with Gasteiger partial charge >= 0.3 is 11.9 Å². The van der Waals surface area contributed by atoms with Gasteiger partial charge in [0, 0.05) is 0 Å². The van der Waals surface area contributed by atoms with E-state index in [9.17, 15) is 9.59 Å². The van der Waals surface area contributed by atoms with E-state index in [1.165, 1.54) is 257 Å². The molecule has 0 aromatic carbocycles. The Balaban J connectivity index is 3.24. The van der Waals surface area contributed by atoms with Crippen LogP contribution in [-0.2, 0) is 19.1 Å². The Labute approximate surface area is 339 Å². The molecule has 0 rings (SSSR count). The predicted molar refractivity (Wildman–Crippen MR) is 236 cm³/mol. The third-order valence-electron chi connectivity index (χ3n) is 11.6. The highest BCUT2D eigenvalue weighted by Gasteiger charge is 2.16. The maximum absolute atomic E-state index is 11.9. The number of unbranched alkanes of at least 4 members (excludes halogenated alkanes) is 42. The topological polar surface area (TPSA) is 52.6 Å². The summed E-state index contributed by atoms with van der Waals surface area (Å²) < 4.78 is 10.3. The van der Waals surface area contributed by atoms with Gasteiger partial charge in [0.25, 0.3) is 0 Å². The Morgan fingerprint density at radius 1 is 0.222 bits per heavy atom. The molecular formula is C50H98O4. The summed E-state index contributed by atoms with van der Waals surface area (Å²) >= 11 is 0. The largest absolute Gasteiger partial charge is 0.457 e. The lowest BCUT2D eigenvalue weighted by molar-refractivity contribution is -0.167. The monoisotopic (exact) mass is 763 g/mol. The van der Waals surface area contributed by atoms with Gasteiger partial charge in [-0.05, 0) is 12.8 Å². The second-order valence-corrected chi connectivity index (χ2v) is 17.1. The fourth-order valence-electron chi connectivity index (χ4n) is 7.87. The normalized spacial score (nSPS) is 11.4. The lowest BCUT2D eigenvalue weighted by Gasteiger charge is -2.06. The lowest BCUT2D eigenvalue weighted by atomic mass is 10.0. The van der Waals surface area contributed by atoms with Gasteiger partial charge in [0.2, 0.25) is 0 Å². The van der Waals surface area contributed by atoms with Crippen LogP contribution in [0.1, 0.15) is 296 Å². The first kappa shape index (κ1) is 52.9. The van der Waals surface area contributed by atoms with Gasteiger partial charge in [-0.15, -0.1) is 0 Å². The third kappa shape index (κ3) is 45.3. The van der Waals surface area contributed by atoms with Gasteiger partial charge in [-0.2, -0.15) is 0 Å². The first-order valence-electron chi connectivity index (χ1n) is 25.1. The summed E-state index contributed by atoms with van der Waals surface area (Å²) in [6, 6.07) is 0. The van der Waals surface area contributed by atoms with Gasteiger partial charge in [-0.25, -0.2) is 9.59 Å². The smallest absolute Gasteiger partial charge is 0.417 e. The van der Waals surface area contributed by atoms with Crippen molar-refractivity contribution < 1.29 is 19.1 Å². The quantitative estimate of drug-likeness (QED) is 0.0352. The van der Waals surface area contributed by atoms with Gasteiger partial charge < -0.3 is 9.47 Å². The minimum atomic E-state index is -0.822. The summed E-state index contributed by atoms with van der Waals surface area (Å²) in [5, 5.41) is 0.